The van der Waals surface area contributed by atoms with Crippen molar-refractivity contribution in [2.75, 3.05) is 31.1 Å². The Morgan fingerprint density at radius 2 is 1.86 bits per heavy atom. The van der Waals surface area contributed by atoms with Gasteiger partial charge in [0.15, 0.2) is 0 Å². The number of nitriles is 1. The highest BCUT2D eigenvalue weighted by Gasteiger charge is 2.23. The Kier molecular flexibility index (Phi) is 7.14. The lowest BCUT2D eigenvalue weighted by Gasteiger charge is -2.35. The molecular formula is C30H25ClFN9O. The molecule has 0 aromatic carbocycles. The Hall–Kier alpha value is -5.08. The van der Waals surface area contributed by atoms with Crippen LogP contribution in [-0.4, -0.2) is 66.3 Å². The predicted octanol–water partition coefficient (Wildman–Crippen LogP) is 4.61. The molecule has 0 atom stereocenters. The van der Waals surface area contributed by atoms with E-state index in [9.17, 15) is 14.4 Å². The number of nitrogens with zero attached hydrogens (tertiary/aromatic N) is 9. The lowest BCUT2D eigenvalue weighted by molar-refractivity contribution is -0.130. The number of halogens is 2. The van der Waals surface area contributed by atoms with Gasteiger partial charge in [-0.25, -0.2) is 18.9 Å². The van der Waals surface area contributed by atoms with Crippen molar-refractivity contribution in [3.8, 4) is 28.3 Å². The fraction of sp³-hybridized carbons (Fsp3) is 0.200. The van der Waals surface area contributed by atoms with Gasteiger partial charge in [0, 0.05) is 80.1 Å². The number of aromatic nitrogens is 6. The molecule has 1 saturated heterocycles. The van der Waals surface area contributed by atoms with Crippen LogP contribution in [0.3, 0.4) is 0 Å². The zero-order valence-corrected chi connectivity index (χ0v) is 23.5. The number of hydrogen-bond acceptors (Lipinski definition) is 7. The second-order valence-electron chi connectivity index (χ2n) is 10.1. The SMILES string of the molecule is C=C(CC(=O)N1CCN(c2ccc(-c3cc(-c4cnn(C)c4)cn4ncc(C#N)c34)cn2)CC1)c1cc(F)cc(Cl)n1. The second kappa shape index (κ2) is 11.1. The normalized spacial score (nSPS) is 13.4. The van der Waals surface area contributed by atoms with E-state index in [-0.39, 0.29) is 23.2 Å². The molecule has 1 fully saturated rings. The minimum Gasteiger partial charge on any atom is -0.353 e. The number of piperazine rings is 1. The fourth-order valence-electron chi connectivity index (χ4n) is 5.10. The lowest BCUT2D eigenvalue weighted by Crippen LogP contribution is -2.49. The highest BCUT2D eigenvalue weighted by Crippen LogP contribution is 2.32. The number of hydrogen-bond donors (Lipinski definition) is 0. The van der Waals surface area contributed by atoms with E-state index in [1.54, 1.807) is 32.7 Å². The zero-order valence-electron chi connectivity index (χ0n) is 22.7. The molecule has 42 heavy (non-hydrogen) atoms. The summed E-state index contributed by atoms with van der Waals surface area (Å²) in [5.41, 5.74) is 5.43. The van der Waals surface area contributed by atoms with Crippen LogP contribution in [0.15, 0.2) is 67.9 Å². The Morgan fingerprint density at radius 3 is 2.52 bits per heavy atom. The molecule has 0 radical (unpaired) electrons. The van der Waals surface area contributed by atoms with Crippen LogP contribution in [0.4, 0.5) is 10.2 Å². The third-order valence-corrected chi connectivity index (χ3v) is 7.47. The van der Waals surface area contributed by atoms with Crippen LogP contribution in [0.25, 0.3) is 33.3 Å². The summed E-state index contributed by atoms with van der Waals surface area (Å²) in [5, 5.41) is 18.4. The van der Waals surface area contributed by atoms with Gasteiger partial charge in [0.05, 0.1) is 35.6 Å². The average Bonchev–Trinajstić information content (AvgIpc) is 3.62. The fourth-order valence-corrected chi connectivity index (χ4v) is 5.30. The Labute approximate surface area is 245 Å². The van der Waals surface area contributed by atoms with Gasteiger partial charge in [-0.05, 0) is 29.8 Å². The van der Waals surface area contributed by atoms with Crippen molar-refractivity contribution < 1.29 is 9.18 Å². The number of amides is 1. The standard InChI is InChI=1S/C30H25ClFN9O/c1-19(26-11-24(32)12-27(31)37-26)9-29(42)40-7-5-39(6-8-40)28-4-3-20(14-34-28)25-10-21(23-16-35-38(2)17-23)18-41-30(25)22(13-33)15-36-41/h3-4,10-12,14-18H,1,5-9H2,2H3. The Balaban J connectivity index is 1.16. The van der Waals surface area contributed by atoms with Gasteiger partial charge in [-0.3, -0.25) is 9.48 Å². The quantitative estimate of drug-likeness (QED) is 0.269. The Bertz CT molecular complexity index is 1840. The summed E-state index contributed by atoms with van der Waals surface area (Å²) >= 11 is 5.85. The van der Waals surface area contributed by atoms with Crippen molar-refractivity contribution in [2.24, 2.45) is 7.05 Å². The highest BCUT2D eigenvalue weighted by molar-refractivity contribution is 6.29. The van der Waals surface area contributed by atoms with E-state index in [0.29, 0.717) is 42.8 Å². The summed E-state index contributed by atoms with van der Waals surface area (Å²) in [5.74, 6) is 0.172. The molecular weight excluding hydrogens is 557 g/mol. The van der Waals surface area contributed by atoms with Crippen LogP contribution >= 0.6 is 11.6 Å². The molecule has 5 aromatic rings. The summed E-state index contributed by atoms with van der Waals surface area (Å²) in [6, 6.07) is 10.5. The molecule has 1 aliphatic heterocycles. The van der Waals surface area contributed by atoms with Gasteiger partial charge < -0.3 is 9.80 Å². The molecule has 10 nitrogen and oxygen atoms in total. The van der Waals surface area contributed by atoms with Crippen LogP contribution in [0.2, 0.25) is 5.15 Å². The van der Waals surface area contributed by atoms with Crippen LogP contribution in [0.1, 0.15) is 17.7 Å². The average molecular weight is 582 g/mol. The molecule has 0 N–H and O–H groups in total. The third kappa shape index (κ3) is 5.32. The maximum Gasteiger partial charge on any atom is 0.227 e. The summed E-state index contributed by atoms with van der Waals surface area (Å²) < 4.78 is 17.1. The van der Waals surface area contributed by atoms with E-state index in [1.807, 2.05) is 37.6 Å². The van der Waals surface area contributed by atoms with Gasteiger partial charge in [-0.2, -0.15) is 15.5 Å². The molecule has 1 amide bonds. The van der Waals surface area contributed by atoms with Crippen LogP contribution in [0.5, 0.6) is 0 Å². The minimum atomic E-state index is -0.521. The maximum atomic E-state index is 13.7. The van der Waals surface area contributed by atoms with E-state index in [4.69, 9.17) is 16.6 Å². The van der Waals surface area contributed by atoms with Gasteiger partial charge in [0.1, 0.15) is 22.9 Å². The summed E-state index contributed by atoms with van der Waals surface area (Å²) in [6.45, 7) is 6.15. The van der Waals surface area contributed by atoms with E-state index >= 15 is 0 Å². The number of pyridine rings is 3. The maximum absolute atomic E-state index is 13.7. The smallest absolute Gasteiger partial charge is 0.227 e. The van der Waals surface area contributed by atoms with E-state index in [1.165, 1.54) is 6.07 Å². The first kappa shape index (κ1) is 27.1. The number of carbonyl (C=O) groups excluding carboxylic acids is 1. The second-order valence-corrected chi connectivity index (χ2v) is 10.4. The molecule has 0 unspecified atom stereocenters. The van der Waals surface area contributed by atoms with E-state index in [2.05, 4.69) is 32.7 Å². The molecule has 5 aromatic heterocycles. The third-order valence-electron chi connectivity index (χ3n) is 7.27. The molecule has 1 aliphatic rings. The monoisotopic (exact) mass is 581 g/mol. The lowest BCUT2D eigenvalue weighted by atomic mass is 10.0. The van der Waals surface area contributed by atoms with Gasteiger partial charge in [-0.1, -0.05) is 18.2 Å². The van der Waals surface area contributed by atoms with Crippen molar-refractivity contribution in [3.05, 3.63) is 90.1 Å². The first-order valence-corrected chi connectivity index (χ1v) is 13.6. The number of carbonyl (C=O) groups is 1. The predicted molar refractivity (Wildman–Crippen MR) is 157 cm³/mol. The molecule has 6 heterocycles. The molecule has 0 saturated carbocycles. The summed E-state index contributed by atoms with van der Waals surface area (Å²) in [6.07, 6.45) is 8.99. The number of rotatable bonds is 6. The Morgan fingerprint density at radius 1 is 1.05 bits per heavy atom. The van der Waals surface area contributed by atoms with Gasteiger partial charge in [-0.15, -0.1) is 0 Å². The van der Waals surface area contributed by atoms with Crippen molar-refractivity contribution in [2.45, 2.75) is 6.42 Å². The van der Waals surface area contributed by atoms with Crippen molar-refractivity contribution in [3.63, 3.8) is 0 Å². The number of fused-ring (bicyclic) bond motifs is 1. The molecule has 12 heteroatoms. The van der Waals surface area contributed by atoms with Gasteiger partial charge in [0.25, 0.3) is 0 Å². The molecule has 0 spiro atoms. The van der Waals surface area contributed by atoms with Crippen molar-refractivity contribution in [1.29, 1.82) is 5.26 Å². The zero-order chi connectivity index (χ0) is 29.4. The van der Waals surface area contributed by atoms with Crippen LogP contribution < -0.4 is 4.90 Å². The summed E-state index contributed by atoms with van der Waals surface area (Å²) in [7, 11) is 1.86. The van der Waals surface area contributed by atoms with Crippen LogP contribution in [-0.2, 0) is 11.8 Å². The topological polar surface area (TPSA) is 108 Å². The molecule has 0 bridgehead atoms. The number of anilines is 1. The first-order valence-electron chi connectivity index (χ1n) is 13.2. The molecule has 6 rings (SSSR count). The van der Waals surface area contributed by atoms with Gasteiger partial charge >= 0.3 is 0 Å². The first-order chi connectivity index (χ1) is 20.3. The van der Waals surface area contributed by atoms with Crippen molar-refractivity contribution >= 4 is 34.4 Å². The van der Waals surface area contributed by atoms with Gasteiger partial charge in [0.2, 0.25) is 5.91 Å². The largest absolute Gasteiger partial charge is 0.353 e. The van der Waals surface area contributed by atoms with Crippen molar-refractivity contribution in [1.82, 2.24) is 34.3 Å². The van der Waals surface area contributed by atoms with E-state index in [0.717, 1.165) is 34.1 Å². The van der Waals surface area contributed by atoms with Crippen LogP contribution in [0, 0.1) is 17.1 Å². The minimum absolute atomic E-state index is 0.0204. The molecule has 210 valence electrons. The molecule has 0 aliphatic carbocycles. The van der Waals surface area contributed by atoms with E-state index < -0.39 is 5.82 Å². The number of aryl methyl sites for hydroxylation is 1. The highest BCUT2D eigenvalue weighted by atomic mass is 35.5. The summed E-state index contributed by atoms with van der Waals surface area (Å²) in [4.78, 5) is 25.6.